The first-order valence-electron chi connectivity index (χ1n) is 9.60. The van der Waals surface area contributed by atoms with Crippen LogP contribution >= 0.6 is 0 Å². The van der Waals surface area contributed by atoms with E-state index in [0.717, 1.165) is 5.56 Å². The summed E-state index contributed by atoms with van der Waals surface area (Å²) in [6, 6.07) is 10.3. The molecule has 1 aliphatic rings. The minimum absolute atomic E-state index is 0.0839. The lowest BCUT2D eigenvalue weighted by molar-refractivity contribution is -0.143. The van der Waals surface area contributed by atoms with Crippen LogP contribution in [0.2, 0.25) is 0 Å². The van der Waals surface area contributed by atoms with Gasteiger partial charge in [0.15, 0.2) is 0 Å². The molecule has 0 saturated carbocycles. The lowest BCUT2D eigenvalue weighted by atomic mass is 9.86. The molecule has 0 bridgehead atoms. The molecule has 1 amide bonds. The third-order valence-corrected chi connectivity index (χ3v) is 5.45. The van der Waals surface area contributed by atoms with Crippen LogP contribution in [0.1, 0.15) is 48.6 Å². The summed E-state index contributed by atoms with van der Waals surface area (Å²) in [5, 5.41) is 2.89. The quantitative estimate of drug-likeness (QED) is 0.586. The molecule has 31 heavy (non-hydrogen) atoms. The van der Waals surface area contributed by atoms with E-state index < -0.39 is 35.1 Å². The van der Waals surface area contributed by atoms with Gasteiger partial charge in [-0.1, -0.05) is 37.3 Å². The van der Waals surface area contributed by atoms with Crippen LogP contribution in [-0.2, 0) is 27.4 Å². The summed E-state index contributed by atoms with van der Waals surface area (Å²) < 4.78 is 84.6. The van der Waals surface area contributed by atoms with Crippen molar-refractivity contribution in [1.82, 2.24) is 5.32 Å². The Morgan fingerprint density at radius 2 is 1.58 bits per heavy atom. The smallest absolute Gasteiger partial charge is 0.371 e. The number of alkyl halides is 6. The largest absolute Gasteiger partial charge is 0.416 e. The third kappa shape index (κ3) is 5.03. The highest BCUT2D eigenvalue weighted by Crippen LogP contribution is 2.39. The molecule has 1 heterocycles. The predicted octanol–water partition coefficient (Wildman–Crippen LogP) is 5.85. The average molecular weight is 445 g/mol. The van der Waals surface area contributed by atoms with Crippen molar-refractivity contribution in [3.63, 3.8) is 0 Å². The lowest BCUT2D eigenvalue weighted by Gasteiger charge is -2.31. The summed E-state index contributed by atoms with van der Waals surface area (Å²) in [5.41, 5.74) is -3.20. The monoisotopic (exact) mass is 445 g/mol. The van der Waals surface area contributed by atoms with E-state index in [1.54, 1.807) is 37.3 Å². The second-order valence-corrected chi connectivity index (χ2v) is 7.84. The van der Waals surface area contributed by atoms with E-state index in [1.807, 2.05) is 0 Å². The maximum Gasteiger partial charge on any atom is 0.416 e. The number of nitrogens with one attached hydrogen (secondary N) is 1. The van der Waals surface area contributed by atoms with Crippen molar-refractivity contribution in [1.29, 1.82) is 0 Å². The van der Waals surface area contributed by atoms with Gasteiger partial charge in [0.05, 0.1) is 29.4 Å². The molecule has 1 aliphatic heterocycles. The molecule has 0 radical (unpaired) electrons. The highest BCUT2D eigenvalue weighted by molar-refractivity contribution is 5.82. The molecule has 1 N–H and O–H groups in total. The fourth-order valence-electron chi connectivity index (χ4n) is 3.73. The van der Waals surface area contributed by atoms with Crippen molar-refractivity contribution in [3.05, 3.63) is 70.8 Å². The molecule has 1 saturated heterocycles. The van der Waals surface area contributed by atoms with Gasteiger partial charge in [-0.2, -0.15) is 26.3 Å². The number of hydrogen-bond donors (Lipinski definition) is 1. The van der Waals surface area contributed by atoms with Crippen LogP contribution in [0, 0.1) is 5.92 Å². The Morgan fingerprint density at radius 1 is 1.03 bits per heavy atom. The van der Waals surface area contributed by atoms with E-state index in [-0.39, 0.29) is 30.1 Å². The molecule has 168 valence electrons. The molecule has 0 aromatic heterocycles. The SMILES string of the molecule is CC1C[C@@](CO[C@H](C)c2cc(C(F)(F)F)cc(C(F)(F)F)c2)(c2ccccc2)NC1=O. The molecule has 2 aromatic carbocycles. The Labute approximate surface area is 175 Å². The zero-order valence-corrected chi connectivity index (χ0v) is 16.8. The number of amides is 1. The maximum absolute atomic E-state index is 13.1. The van der Waals surface area contributed by atoms with Gasteiger partial charge in [0.2, 0.25) is 5.91 Å². The molecule has 0 spiro atoms. The molecular formula is C22H21F6NO2. The summed E-state index contributed by atoms with van der Waals surface area (Å²) in [5.74, 6) is -0.511. The lowest BCUT2D eigenvalue weighted by Crippen LogP contribution is -2.43. The van der Waals surface area contributed by atoms with Crippen LogP contribution in [-0.4, -0.2) is 12.5 Å². The number of hydrogen-bond acceptors (Lipinski definition) is 2. The van der Waals surface area contributed by atoms with Gasteiger partial charge in [-0.3, -0.25) is 4.79 Å². The van der Waals surface area contributed by atoms with Crippen molar-refractivity contribution in [2.45, 2.75) is 44.3 Å². The normalized spacial score (nSPS) is 23.0. The Hall–Kier alpha value is -2.55. The van der Waals surface area contributed by atoms with Crippen molar-refractivity contribution >= 4 is 5.91 Å². The first-order chi connectivity index (χ1) is 14.3. The van der Waals surface area contributed by atoms with Gasteiger partial charge in [0.1, 0.15) is 0 Å². The van der Waals surface area contributed by atoms with Gasteiger partial charge in [-0.25, -0.2) is 0 Å². The van der Waals surface area contributed by atoms with E-state index in [2.05, 4.69) is 5.32 Å². The summed E-state index contributed by atoms with van der Waals surface area (Å²) in [7, 11) is 0. The predicted molar refractivity (Wildman–Crippen MR) is 101 cm³/mol. The van der Waals surface area contributed by atoms with Crippen molar-refractivity contribution < 1.29 is 35.9 Å². The van der Waals surface area contributed by atoms with E-state index in [0.29, 0.717) is 18.6 Å². The zero-order chi connectivity index (χ0) is 23.0. The summed E-state index contributed by atoms with van der Waals surface area (Å²) in [6.45, 7) is 3.02. The number of ether oxygens (including phenoxy) is 1. The van der Waals surface area contributed by atoms with Crippen LogP contribution in [0.4, 0.5) is 26.3 Å². The van der Waals surface area contributed by atoms with Crippen molar-refractivity contribution in [3.8, 4) is 0 Å². The maximum atomic E-state index is 13.1. The van der Waals surface area contributed by atoms with Gasteiger partial charge in [-0.05, 0) is 42.7 Å². The molecule has 9 heteroatoms. The molecule has 2 aromatic rings. The molecule has 1 fully saturated rings. The highest BCUT2D eigenvalue weighted by atomic mass is 19.4. The van der Waals surface area contributed by atoms with Gasteiger partial charge < -0.3 is 10.1 Å². The van der Waals surface area contributed by atoms with Crippen LogP contribution < -0.4 is 5.32 Å². The fourth-order valence-corrected chi connectivity index (χ4v) is 3.73. The van der Waals surface area contributed by atoms with E-state index in [4.69, 9.17) is 4.74 Å². The molecule has 3 rings (SSSR count). The number of rotatable bonds is 5. The first-order valence-corrected chi connectivity index (χ1v) is 9.60. The number of carbonyl (C=O) groups excluding carboxylic acids is 1. The standard InChI is InChI=1S/C22H21F6NO2/c1-13-11-20(29-19(13)30,16-6-4-3-5-7-16)12-31-14(2)15-8-17(21(23,24)25)10-18(9-15)22(26,27)28/h3-10,13-14H,11-12H2,1-2H3,(H,29,30)/t13?,14-,20-/m1/s1. The molecule has 3 atom stereocenters. The number of benzene rings is 2. The highest BCUT2D eigenvalue weighted by Gasteiger charge is 2.44. The van der Waals surface area contributed by atoms with Crippen LogP contribution in [0.5, 0.6) is 0 Å². The third-order valence-electron chi connectivity index (χ3n) is 5.45. The van der Waals surface area contributed by atoms with Gasteiger partial charge >= 0.3 is 12.4 Å². The fraction of sp³-hybridized carbons (Fsp3) is 0.409. The molecule has 0 aliphatic carbocycles. The minimum Gasteiger partial charge on any atom is -0.371 e. The Kier molecular flexibility index (Phi) is 6.10. The van der Waals surface area contributed by atoms with E-state index in [9.17, 15) is 31.1 Å². The average Bonchev–Trinajstić information content (AvgIpc) is 3.00. The zero-order valence-electron chi connectivity index (χ0n) is 16.8. The summed E-state index contributed by atoms with van der Waals surface area (Å²) >= 11 is 0. The summed E-state index contributed by atoms with van der Waals surface area (Å²) in [4.78, 5) is 12.2. The van der Waals surface area contributed by atoms with Crippen molar-refractivity contribution in [2.24, 2.45) is 5.92 Å². The van der Waals surface area contributed by atoms with Gasteiger partial charge in [0.25, 0.3) is 0 Å². The van der Waals surface area contributed by atoms with Crippen LogP contribution in [0.25, 0.3) is 0 Å². The Balaban J connectivity index is 1.90. The number of halogens is 6. The van der Waals surface area contributed by atoms with Crippen LogP contribution in [0.15, 0.2) is 48.5 Å². The number of carbonyl (C=O) groups is 1. The second-order valence-electron chi connectivity index (χ2n) is 7.84. The minimum atomic E-state index is -4.93. The Morgan fingerprint density at radius 3 is 2.03 bits per heavy atom. The van der Waals surface area contributed by atoms with E-state index in [1.165, 1.54) is 6.92 Å². The van der Waals surface area contributed by atoms with E-state index >= 15 is 0 Å². The van der Waals surface area contributed by atoms with Crippen molar-refractivity contribution in [2.75, 3.05) is 6.61 Å². The van der Waals surface area contributed by atoms with Crippen LogP contribution in [0.3, 0.4) is 0 Å². The molecular weight excluding hydrogens is 424 g/mol. The summed E-state index contributed by atoms with van der Waals surface area (Å²) in [6.07, 6.45) is -10.6. The first kappa shape index (κ1) is 23.1. The van der Waals surface area contributed by atoms with Gasteiger partial charge in [-0.15, -0.1) is 0 Å². The molecule has 3 nitrogen and oxygen atoms in total. The second kappa shape index (κ2) is 8.18. The van der Waals surface area contributed by atoms with Gasteiger partial charge in [0, 0.05) is 5.92 Å². The Bertz CT molecular complexity index is 909. The topological polar surface area (TPSA) is 38.3 Å². The molecule has 1 unspecified atom stereocenters.